The molecule has 2 aromatic carbocycles. The summed E-state index contributed by atoms with van der Waals surface area (Å²) in [6.45, 7) is 0. The minimum atomic E-state index is -0.610. The molecule has 0 aliphatic heterocycles. The first kappa shape index (κ1) is 13.8. The van der Waals surface area contributed by atoms with Crippen LogP contribution in [0.3, 0.4) is 0 Å². The van der Waals surface area contributed by atoms with Gasteiger partial charge < -0.3 is 15.8 Å². The van der Waals surface area contributed by atoms with Crippen molar-refractivity contribution in [1.82, 2.24) is 0 Å². The van der Waals surface area contributed by atoms with Gasteiger partial charge in [-0.15, -0.1) is 0 Å². The zero-order valence-electron chi connectivity index (χ0n) is 10.6. The number of rotatable bonds is 3. The quantitative estimate of drug-likeness (QED) is 0.848. The Morgan fingerprint density at radius 2 is 1.90 bits per heavy atom. The first-order chi connectivity index (χ1) is 9.49. The maximum absolute atomic E-state index is 13.2. The second-order valence-corrected chi connectivity index (χ2v) is 4.07. The third kappa shape index (κ3) is 3.03. The number of methoxy groups -OCH3 is 1. The Morgan fingerprint density at radius 1 is 1.15 bits per heavy atom. The number of benzene rings is 2. The van der Waals surface area contributed by atoms with Gasteiger partial charge in [0.25, 0.3) is 5.91 Å². The number of amides is 1. The summed E-state index contributed by atoms with van der Waals surface area (Å²) < 4.78 is 31.2. The van der Waals surface area contributed by atoms with E-state index in [2.05, 4.69) is 5.32 Å². The molecule has 3 N–H and O–H groups in total. The van der Waals surface area contributed by atoms with Crippen LogP contribution in [0.5, 0.6) is 5.75 Å². The number of nitrogens with two attached hydrogens (primary N) is 1. The van der Waals surface area contributed by atoms with Crippen molar-refractivity contribution in [3.63, 3.8) is 0 Å². The van der Waals surface area contributed by atoms with Crippen molar-refractivity contribution in [2.45, 2.75) is 0 Å². The summed E-state index contributed by atoms with van der Waals surface area (Å²) in [7, 11) is 1.35. The zero-order chi connectivity index (χ0) is 14.7. The lowest BCUT2D eigenvalue weighted by molar-refractivity contribution is 0.102. The number of ether oxygens (including phenoxy) is 1. The molecule has 0 atom stereocenters. The molecule has 0 fully saturated rings. The van der Waals surface area contributed by atoms with Gasteiger partial charge in [-0.3, -0.25) is 4.79 Å². The van der Waals surface area contributed by atoms with E-state index < -0.39 is 17.5 Å². The maximum atomic E-state index is 13.2. The SMILES string of the molecule is COc1cc(F)ccc1NC(=O)c1cc(N)cc(F)c1. The molecule has 0 spiro atoms. The van der Waals surface area contributed by atoms with Crippen LogP contribution < -0.4 is 15.8 Å². The Morgan fingerprint density at radius 3 is 2.55 bits per heavy atom. The second-order valence-electron chi connectivity index (χ2n) is 4.07. The number of halogens is 2. The number of hydrogen-bond acceptors (Lipinski definition) is 3. The molecule has 0 aliphatic carbocycles. The lowest BCUT2D eigenvalue weighted by atomic mass is 10.1. The van der Waals surface area contributed by atoms with E-state index in [1.165, 1.54) is 25.3 Å². The summed E-state index contributed by atoms with van der Waals surface area (Å²) >= 11 is 0. The maximum Gasteiger partial charge on any atom is 0.255 e. The Labute approximate surface area is 114 Å². The van der Waals surface area contributed by atoms with Gasteiger partial charge >= 0.3 is 0 Å². The van der Waals surface area contributed by atoms with Crippen molar-refractivity contribution in [3.05, 3.63) is 53.6 Å². The summed E-state index contributed by atoms with van der Waals surface area (Å²) in [5, 5.41) is 2.51. The highest BCUT2D eigenvalue weighted by molar-refractivity contribution is 6.05. The summed E-state index contributed by atoms with van der Waals surface area (Å²) in [5.74, 6) is -1.50. The molecule has 6 heteroatoms. The van der Waals surface area contributed by atoms with Crippen LogP contribution in [0.4, 0.5) is 20.2 Å². The molecule has 0 aliphatic rings. The van der Waals surface area contributed by atoms with Gasteiger partial charge in [0.05, 0.1) is 12.8 Å². The molecule has 0 radical (unpaired) electrons. The van der Waals surface area contributed by atoms with Crippen LogP contribution in [0, 0.1) is 11.6 Å². The van der Waals surface area contributed by atoms with Crippen molar-refractivity contribution in [3.8, 4) is 5.75 Å². The molecule has 0 heterocycles. The van der Waals surface area contributed by atoms with Crippen LogP contribution in [0.25, 0.3) is 0 Å². The Bertz CT molecular complexity index is 639. The van der Waals surface area contributed by atoms with E-state index in [1.807, 2.05) is 0 Å². The number of carbonyl (C=O) groups is 1. The third-order valence-electron chi connectivity index (χ3n) is 2.59. The summed E-state index contributed by atoms with van der Waals surface area (Å²) in [6, 6.07) is 7.17. The zero-order valence-corrected chi connectivity index (χ0v) is 10.6. The van der Waals surface area contributed by atoms with Crippen LogP contribution in [-0.4, -0.2) is 13.0 Å². The topological polar surface area (TPSA) is 64.3 Å². The summed E-state index contributed by atoms with van der Waals surface area (Å²) in [4.78, 5) is 12.0. The Kier molecular flexibility index (Phi) is 3.84. The summed E-state index contributed by atoms with van der Waals surface area (Å²) in [6.07, 6.45) is 0. The normalized spacial score (nSPS) is 10.2. The molecule has 4 nitrogen and oxygen atoms in total. The molecule has 20 heavy (non-hydrogen) atoms. The van der Waals surface area contributed by atoms with Gasteiger partial charge in [-0.25, -0.2) is 8.78 Å². The van der Waals surface area contributed by atoms with Gasteiger partial charge in [-0.2, -0.15) is 0 Å². The fourth-order valence-electron chi connectivity index (χ4n) is 1.71. The molecule has 0 saturated heterocycles. The fraction of sp³-hybridized carbons (Fsp3) is 0.0714. The van der Waals surface area contributed by atoms with Gasteiger partial charge in [0.15, 0.2) is 0 Å². The highest BCUT2D eigenvalue weighted by atomic mass is 19.1. The van der Waals surface area contributed by atoms with E-state index >= 15 is 0 Å². The van der Waals surface area contributed by atoms with Gasteiger partial charge in [0.1, 0.15) is 17.4 Å². The number of anilines is 2. The number of hydrogen-bond donors (Lipinski definition) is 2. The van der Waals surface area contributed by atoms with Crippen molar-refractivity contribution in [1.29, 1.82) is 0 Å². The van der Waals surface area contributed by atoms with E-state index in [9.17, 15) is 13.6 Å². The molecule has 0 unspecified atom stereocenters. The average Bonchev–Trinajstić information content (AvgIpc) is 2.39. The smallest absolute Gasteiger partial charge is 0.255 e. The minimum Gasteiger partial charge on any atom is -0.494 e. The lowest BCUT2D eigenvalue weighted by Crippen LogP contribution is -2.13. The van der Waals surface area contributed by atoms with Crippen molar-refractivity contribution < 1.29 is 18.3 Å². The van der Waals surface area contributed by atoms with E-state index in [0.717, 1.165) is 18.2 Å². The van der Waals surface area contributed by atoms with Gasteiger partial charge in [0.2, 0.25) is 0 Å². The number of carbonyl (C=O) groups excluding carboxylic acids is 1. The van der Waals surface area contributed by atoms with Gasteiger partial charge in [-0.1, -0.05) is 0 Å². The molecular weight excluding hydrogens is 266 g/mol. The lowest BCUT2D eigenvalue weighted by Gasteiger charge is -2.10. The highest BCUT2D eigenvalue weighted by Crippen LogP contribution is 2.25. The fourth-order valence-corrected chi connectivity index (χ4v) is 1.71. The first-order valence-corrected chi connectivity index (χ1v) is 5.70. The largest absolute Gasteiger partial charge is 0.494 e. The highest BCUT2D eigenvalue weighted by Gasteiger charge is 2.12. The van der Waals surface area contributed by atoms with Gasteiger partial charge in [0, 0.05) is 17.3 Å². The molecule has 1 amide bonds. The Balaban J connectivity index is 2.27. The van der Waals surface area contributed by atoms with E-state index in [0.29, 0.717) is 0 Å². The molecule has 2 rings (SSSR count). The average molecular weight is 278 g/mol. The molecule has 104 valence electrons. The van der Waals surface area contributed by atoms with Crippen LogP contribution in [0.15, 0.2) is 36.4 Å². The molecule has 0 aromatic heterocycles. The predicted molar refractivity (Wildman–Crippen MR) is 71.7 cm³/mol. The van der Waals surface area contributed by atoms with Crippen molar-refractivity contribution in [2.75, 3.05) is 18.2 Å². The van der Waals surface area contributed by atoms with Crippen LogP contribution in [-0.2, 0) is 0 Å². The molecule has 2 aromatic rings. The monoisotopic (exact) mass is 278 g/mol. The minimum absolute atomic E-state index is 0.0638. The Hall–Kier alpha value is -2.63. The van der Waals surface area contributed by atoms with Crippen molar-refractivity contribution in [2.24, 2.45) is 0 Å². The number of nitrogen functional groups attached to an aromatic ring is 1. The molecule has 0 bridgehead atoms. The van der Waals surface area contributed by atoms with Crippen molar-refractivity contribution >= 4 is 17.3 Å². The standard InChI is InChI=1S/C14H12F2N2O2/c1-20-13-7-9(15)2-3-12(13)18-14(19)8-4-10(16)6-11(17)5-8/h2-7H,17H2,1H3,(H,18,19). The van der Waals surface area contributed by atoms with E-state index in [1.54, 1.807) is 0 Å². The molecular formula is C14H12F2N2O2. The van der Waals surface area contributed by atoms with Crippen LogP contribution in [0.2, 0.25) is 0 Å². The number of nitrogens with one attached hydrogen (secondary N) is 1. The first-order valence-electron chi connectivity index (χ1n) is 5.70. The van der Waals surface area contributed by atoms with Gasteiger partial charge in [-0.05, 0) is 30.3 Å². The van der Waals surface area contributed by atoms with Crippen LogP contribution in [0.1, 0.15) is 10.4 Å². The van der Waals surface area contributed by atoms with E-state index in [-0.39, 0.29) is 22.7 Å². The molecule has 0 saturated carbocycles. The third-order valence-corrected chi connectivity index (χ3v) is 2.59. The van der Waals surface area contributed by atoms with E-state index in [4.69, 9.17) is 10.5 Å². The predicted octanol–water partition coefficient (Wildman–Crippen LogP) is 2.81. The van der Waals surface area contributed by atoms with Crippen LogP contribution >= 0.6 is 0 Å². The second kappa shape index (κ2) is 5.56. The summed E-state index contributed by atoms with van der Waals surface area (Å²) in [5.41, 5.74) is 5.96.